The monoisotopic (exact) mass is 339 g/mol. The Kier molecular flexibility index (Phi) is 6.28. The average Bonchev–Trinajstić information content (AvgIpc) is 2.24. The Balaban J connectivity index is 2.70. The van der Waals surface area contributed by atoms with Crippen LogP contribution < -0.4 is 4.72 Å². The fourth-order valence-corrected chi connectivity index (χ4v) is 3.55. The molecule has 20 heavy (non-hydrogen) atoms. The molecule has 0 radical (unpaired) electrons. The lowest BCUT2D eigenvalue weighted by atomic mass is 9.90. The van der Waals surface area contributed by atoms with Crippen LogP contribution in [0.1, 0.15) is 25.8 Å². The number of nitrogens with one attached hydrogen (secondary N) is 1. The Morgan fingerprint density at radius 1 is 1.20 bits per heavy atom. The molecule has 0 saturated heterocycles. The molecule has 0 fully saturated rings. The highest BCUT2D eigenvalue weighted by atomic mass is 35.5. The predicted molar refractivity (Wildman–Crippen MR) is 82.6 cm³/mol. The van der Waals surface area contributed by atoms with E-state index in [1.165, 1.54) is 0 Å². The van der Waals surface area contributed by atoms with Gasteiger partial charge in [0.2, 0.25) is 10.0 Å². The van der Waals surface area contributed by atoms with E-state index in [0.29, 0.717) is 22.0 Å². The van der Waals surface area contributed by atoms with E-state index in [-0.39, 0.29) is 24.3 Å². The molecule has 1 aromatic rings. The topological polar surface area (TPSA) is 66.4 Å². The zero-order chi connectivity index (χ0) is 15.4. The summed E-state index contributed by atoms with van der Waals surface area (Å²) in [6.07, 6.45) is 0.526. The van der Waals surface area contributed by atoms with Gasteiger partial charge >= 0.3 is 0 Å². The number of sulfonamides is 1. The van der Waals surface area contributed by atoms with Gasteiger partial charge in [0.1, 0.15) is 0 Å². The minimum atomic E-state index is -3.47. The quantitative estimate of drug-likeness (QED) is 0.802. The Bertz CT molecular complexity index is 538. The van der Waals surface area contributed by atoms with Crippen molar-refractivity contribution in [3.05, 3.63) is 33.8 Å². The van der Waals surface area contributed by atoms with Crippen LogP contribution in [0.3, 0.4) is 0 Å². The molecule has 0 aliphatic rings. The molecular weight excluding hydrogens is 321 g/mol. The van der Waals surface area contributed by atoms with Crippen LogP contribution in [0.5, 0.6) is 0 Å². The van der Waals surface area contributed by atoms with Gasteiger partial charge in [-0.15, -0.1) is 0 Å². The molecular formula is C13H19Cl2NO3S. The fraction of sp³-hybridized carbons (Fsp3) is 0.538. The molecule has 0 amide bonds. The first-order valence-electron chi connectivity index (χ1n) is 6.17. The van der Waals surface area contributed by atoms with Gasteiger partial charge in [0.25, 0.3) is 0 Å². The maximum atomic E-state index is 12.0. The Morgan fingerprint density at radius 2 is 1.75 bits per heavy atom. The van der Waals surface area contributed by atoms with Crippen molar-refractivity contribution in [2.24, 2.45) is 5.41 Å². The van der Waals surface area contributed by atoms with E-state index in [1.807, 2.05) is 13.8 Å². The van der Waals surface area contributed by atoms with Gasteiger partial charge in [0.15, 0.2) is 0 Å². The lowest BCUT2D eigenvalue weighted by Crippen LogP contribution is -2.35. The van der Waals surface area contributed by atoms with Crippen LogP contribution in [0.4, 0.5) is 0 Å². The first-order valence-corrected chi connectivity index (χ1v) is 8.57. The van der Waals surface area contributed by atoms with E-state index in [0.717, 1.165) is 0 Å². The molecule has 0 spiro atoms. The standard InChI is InChI=1S/C13H19Cl2NO3S/c1-13(2,3-4-17)9-16-20(18,19)8-10-5-11(14)7-12(15)6-10/h5-7,16-17H,3-4,8-9H2,1-2H3. The number of benzene rings is 1. The number of aliphatic hydroxyl groups excluding tert-OH is 1. The van der Waals surface area contributed by atoms with Crippen molar-refractivity contribution < 1.29 is 13.5 Å². The van der Waals surface area contributed by atoms with Crippen molar-refractivity contribution in [1.29, 1.82) is 0 Å². The zero-order valence-electron chi connectivity index (χ0n) is 11.5. The highest BCUT2D eigenvalue weighted by Crippen LogP contribution is 2.21. The smallest absolute Gasteiger partial charge is 0.215 e. The molecule has 0 unspecified atom stereocenters. The van der Waals surface area contributed by atoms with Gasteiger partial charge in [-0.1, -0.05) is 37.0 Å². The van der Waals surface area contributed by atoms with E-state index in [4.69, 9.17) is 28.3 Å². The molecule has 1 aromatic carbocycles. The van der Waals surface area contributed by atoms with Gasteiger partial charge in [0, 0.05) is 23.2 Å². The van der Waals surface area contributed by atoms with Crippen LogP contribution in [-0.2, 0) is 15.8 Å². The summed E-state index contributed by atoms with van der Waals surface area (Å²) >= 11 is 11.7. The van der Waals surface area contributed by atoms with Crippen molar-refractivity contribution in [3.63, 3.8) is 0 Å². The van der Waals surface area contributed by atoms with Gasteiger partial charge in [-0.25, -0.2) is 13.1 Å². The summed E-state index contributed by atoms with van der Waals surface area (Å²) in [5, 5.41) is 9.73. The van der Waals surface area contributed by atoms with Crippen LogP contribution in [0.2, 0.25) is 10.0 Å². The summed E-state index contributed by atoms with van der Waals surface area (Å²) in [5.41, 5.74) is 0.239. The Morgan fingerprint density at radius 3 is 2.25 bits per heavy atom. The average molecular weight is 340 g/mol. The summed E-state index contributed by atoms with van der Waals surface area (Å²) in [4.78, 5) is 0. The lowest BCUT2D eigenvalue weighted by Gasteiger charge is -2.23. The SMILES string of the molecule is CC(C)(CCO)CNS(=O)(=O)Cc1cc(Cl)cc(Cl)c1. The van der Waals surface area contributed by atoms with Crippen molar-refractivity contribution >= 4 is 33.2 Å². The van der Waals surface area contributed by atoms with E-state index < -0.39 is 10.0 Å². The molecule has 7 heteroatoms. The third-order valence-corrected chi connectivity index (χ3v) is 4.57. The minimum Gasteiger partial charge on any atom is -0.396 e. The largest absolute Gasteiger partial charge is 0.396 e. The van der Waals surface area contributed by atoms with Crippen LogP contribution in [0, 0.1) is 5.41 Å². The second-order valence-corrected chi connectivity index (χ2v) is 8.18. The van der Waals surface area contributed by atoms with Crippen LogP contribution in [0.25, 0.3) is 0 Å². The summed E-state index contributed by atoms with van der Waals surface area (Å²) in [6.45, 7) is 4.08. The highest BCUT2D eigenvalue weighted by molar-refractivity contribution is 7.88. The first-order chi connectivity index (χ1) is 9.13. The zero-order valence-corrected chi connectivity index (χ0v) is 13.8. The number of hydrogen-bond donors (Lipinski definition) is 2. The van der Waals surface area contributed by atoms with Gasteiger partial charge < -0.3 is 5.11 Å². The Labute approximate surface area is 130 Å². The molecule has 1 rings (SSSR count). The maximum Gasteiger partial charge on any atom is 0.215 e. The van der Waals surface area contributed by atoms with Gasteiger partial charge in [0.05, 0.1) is 5.75 Å². The number of halogens is 2. The molecule has 0 aliphatic carbocycles. The summed E-state index contributed by atoms with van der Waals surface area (Å²) in [6, 6.07) is 4.70. The molecule has 0 heterocycles. The van der Waals surface area contributed by atoms with Crippen LogP contribution in [-0.4, -0.2) is 26.7 Å². The Hall–Kier alpha value is -0.330. The van der Waals surface area contributed by atoms with E-state index in [9.17, 15) is 8.42 Å². The molecule has 0 bridgehead atoms. The summed E-state index contributed by atoms with van der Waals surface area (Å²) in [7, 11) is -3.47. The van der Waals surface area contributed by atoms with Gasteiger partial charge in [-0.05, 0) is 35.6 Å². The maximum absolute atomic E-state index is 12.0. The second kappa shape index (κ2) is 7.09. The number of hydrogen-bond acceptors (Lipinski definition) is 3. The molecule has 4 nitrogen and oxygen atoms in total. The molecule has 114 valence electrons. The van der Waals surface area contributed by atoms with Crippen LogP contribution >= 0.6 is 23.2 Å². The molecule has 0 aliphatic heterocycles. The first kappa shape index (κ1) is 17.7. The lowest BCUT2D eigenvalue weighted by molar-refractivity contribution is 0.213. The summed E-state index contributed by atoms with van der Waals surface area (Å²) in [5.74, 6) is -0.178. The van der Waals surface area contributed by atoms with Gasteiger partial charge in [-0.3, -0.25) is 0 Å². The third-order valence-electron chi connectivity index (χ3n) is 2.84. The van der Waals surface area contributed by atoms with Crippen molar-refractivity contribution in [1.82, 2.24) is 4.72 Å². The highest BCUT2D eigenvalue weighted by Gasteiger charge is 2.21. The second-order valence-electron chi connectivity index (χ2n) is 5.50. The van der Waals surface area contributed by atoms with Crippen molar-refractivity contribution in [3.8, 4) is 0 Å². The van der Waals surface area contributed by atoms with Crippen LogP contribution in [0.15, 0.2) is 18.2 Å². The van der Waals surface area contributed by atoms with Gasteiger partial charge in [-0.2, -0.15) is 0 Å². The fourth-order valence-electron chi connectivity index (χ4n) is 1.66. The van der Waals surface area contributed by atoms with E-state index in [2.05, 4.69) is 4.72 Å². The molecule has 0 saturated carbocycles. The normalized spacial score (nSPS) is 12.7. The molecule has 2 N–H and O–H groups in total. The third kappa shape index (κ3) is 6.41. The molecule has 0 atom stereocenters. The minimum absolute atomic E-state index is 0.0264. The van der Waals surface area contributed by atoms with E-state index in [1.54, 1.807) is 18.2 Å². The predicted octanol–water partition coefficient (Wildman–Crippen LogP) is 2.82. The van der Waals surface area contributed by atoms with Crippen molar-refractivity contribution in [2.75, 3.05) is 13.2 Å². The summed E-state index contributed by atoms with van der Waals surface area (Å²) < 4.78 is 26.6. The number of aliphatic hydroxyl groups is 1. The van der Waals surface area contributed by atoms with Crippen molar-refractivity contribution in [2.45, 2.75) is 26.0 Å². The molecule has 0 aromatic heterocycles. The van der Waals surface area contributed by atoms with E-state index >= 15 is 0 Å². The number of rotatable bonds is 7.